The van der Waals surface area contributed by atoms with Crippen molar-refractivity contribution in [3.8, 4) is 0 Å². The van der Waals surface area contributed by atoms with Crippen molar-refractivity contribution >= 4 is 0 Å². The number of likely N-dealkylation sites (tertiary alicyclic amines) is 1. The standard InChI is InChI=1S/C12H26N2/c1-5-12-7-6-10(3)14(12)11(4)8-9(2)13/h9-12H,5-8,13H2,1-4H3. The fourth-order valence-electron chi connectivity index (χ4n) is 2.96. The van der Waals surface area contributed by atoms with E-state index in [1.165, 1.54) is 19.3 Å². The van der Waals surface area contributed by atoms with E-state index in [1.807, 2.05) is 0 Å². The maximum atomic E-state index is 5.87. The molecule has 1 aliphatic rings. The lowest BCUT2D eigenvalue weighted by Crippen LogP contribution is -2.43. The molecular weight excluding hydrogens is 172 g/mol. The van der Waals surface area contributed by atoms with Crippen molar-refractivity contribution in [2.75, 3.05) is 0 Å². The molecule has 0 radical (unpaired) electrons. The average Bonchev–Trinajstić information content (AvgIpc) is 2.45. The van der Waals surface area contributed by atoms with Crippen LogP contribution in [-0.2, 0) is 0 Å². The van der Waals surface area contributed by atoms with Crippen LogP contribution in [-0.4, -0.2) is 29.1 Å². The van der Waals surface area contributed by atoms with Crippen LogP contribution in [0.4, 0.5) is 0 Å². The summed E-state index contributed by atoms with van der Waals surface area (Å²) >= 11 is 0. The van der Waals surface area contributed by atoms with E-state index in [0.29, 0.717) is 12.1 Å². The van der Waals surface area contributed by atoms with Gasteiger partial charge in [0.25, 0.3) is 0 Å². The first-order valence-corrected chi connectivity index (χ1v) is 6.09. The lowest BCUT2D eigenvalue weighted by Gasteiger charge is -2.34. The van der Waals surface area contributed by atoms with E-state index in [2.05, 4.69) is 32.6 Å². The van der Waals surface area contributed by atoms with Gasteiger partial charge in [-0.3, -0.25) is 4.90 Å². The summed E-state index contributed by atoms with van der Waals surface area (Å²) in [6.45, 7) is 9.09. The molecule has 2 heteroatoms. The van der Waals surface area contributed by atoms with Crippen molar-refractivity contribution in [3.63, 3.8) is 0 Å². The zero-order valence-corrected chi connectivity index (χ0v) is 10.2. The van der Waals surface area contributed by atoms with Crippen molar-refractivity contribution < 1.29 is 0 Å². The van der Waals surface area contributed by atoms with E-state index >= 15 is 0 Å². The fourth-order valence-corrected chi connectivity index (χ4v) is 2.96. The topological polar surface area (TPSA) is 29.3 Å². The first-order chi connectivity index (χ1) is 6.56. The van der Waals surface area contributed by atoms with Crippen molar-refractivity contribution in [1.29, 1.82) is 0 Å². The van der Waals surface area contributed by atoms with E-state index < -0.39 is 0 Å². The zero-order chi connectivity index (χ0) is 10.7. The molecule has 14 heavy (non-hydrogen) atoms. The molecule has 1 saturated heterocycles. The van der Waals surface area contributed by atoms with Crippen LogP contribution in [0.15, 0.2) is 0 Å². The molecule has 0 amide bonds. The van der Waals surface area contributed by atoms with Crippen LogP contribution >= 0.6 is 0 Å². The maximum Gasteiger partial charge on any atom is 0.00988 e. The number of hydrogen-bond donors (Lipinski definition) is 1. The van der Waals surface area contributed by atoms with Gasteiger partial charge in [-0.05, 0) is 46.5 Å². The maximum absolute atomic E-state index is 5.87. The van der Waals surface area contributed by atoms with Crippen LogP contribution in [0.3, 0.4) is 0 Å². The Morgan fingerprint density at radius 2 is 2.00 bits per heavy atom. The highest BCUT2D eigenvalue weighted by Crippen LogP contribution is 2.29. The Bertz CT molecular complexity index is 168. The molecule has 1 aliphatic heterocycles. The van der Waals surface area contributed by atoms with Gasteiger partial charge in [0.2, 0.25) is 0 Å². The Morgan fingerprint density at radius 3 is 2.50 bits per heavy atom. The second kappa shape index (κ2) is 5.13. The minimum absolute atomic E-state index is 0.329. The highest BCUT2D eigenvalue weighted by atomic mass is 15.2. The summed E-state index contributed by atoms with van der Waals surface area (Å²) in [7, 11) is 0. The molecule has 2 N–H and O–H groups in total. The van der Waals surface area contributed by atoms with Gasteiger partial charge in [0.05, 0.1) is 0 Å². The Balaban J connectivity index is 2.54. The van der Waals surface area contributed by atoms with Gasteiger partial charge in [-0.15, -0.1) is 0 Å². The van der Waals surface area contributed by atoms with Crippen molar-refractivity contribution in [2.45, 2.75) is 77.5 Å². The molecule has 84 valence electrons. The van der Waals surface area contributed by atoms with Crippen molar-refractivity contribution in [2.24, 2.45) is 5.73 Å². The van der Waals surface area contributed by atoms with Crippen molar-refractivity contribution in [3.05, 3.63) is 0 Å². The SMILES string of the molecule is CCC1CCC(C)N1C(C)CC(C)N. The zero-order valence-electron chi connectivity index (χ0n) is 10.2. The quantitative estimate of drug-likeness (QED) is 0.751. The third kappa shape index (κ3) is 2.71. The molecule has 1 fully saturated rings. The predicted molar refractivity (Wildman–Crippen MR) is 62.3 cm³/mol. The second-order valence-electron chi connectivity index (χ2n) is 5.00. The summed E-state index contributed by atoms with van der Waals surface area (Å²) in [6, 6.07) is 2.54. The van der Waals surface area contributed by atoms with Crippen molar-refractivity contribution in [1.82, 2.24) is 4.90 Å². The lowest BCUT2D eigenvalue weighted by atomic mass is 10.1. The molecule has 4 atom stereocenters. The molecule has 0 aromatic rings. The summed E-state index contributed by atoms with van der Waals surface area (Å²) in [5.41, 5.74) is 5.87. The van der Waals surface area contributed by atoms with Crippen LogP contribution in [0.5, 0.6) is 0 Å². The molecule has 0 aromatic heterocycles. The van der Waals surface area contributed by atoms with Crippen LogP contribution in [0, 0.1) is 0 Å². The molecule has 0 saturated carbocycles. The predicted octanol–water partition coefficient (Wildman–Crippen LogP) is 2.38. The summed E-state index contributed by atoms with van der Waals surface area (Å²) in [5.74, 6) is 0. The number of nitrogens with two attached hydrogens (primary N) is 1. The molecular formula is C12H26N2. The largest absolute Gasteiger partial charge is 0.328 e. The number of hydrogen-bond acceptors (Lipinski definition) is 2. The molecule has 0 bridgehead atoms. The highest BCUT2D eigenvalue weighted by molar-refractivity contribution is 4.88. The molecule has 4 unspecified atom stereocenters. The fraction of sp³-hybridized carbons (Fsp3) is 1.00. The van der Waals surface area contributed by atoms with Gasteiger partial charge >= 0.3 is 0 Å². The van der Waals surface area contributed by atoms with E-state index in [4.69, 9.17) is 5.73 Å². The molecule has 0 aromatic carbocycles. The Labute approximate surface area is 88.8 Å². The first-order valence-electron chi connectivity index (χ1n) is 6.09. The van der Waals surface area contributed by atoms with Gasteiger partial charge in [-0.25, -0.2) is 0 Å². The van der Waals surface area contributed by atoms with Crippen LogP contribution in [0.1, 0.15) is 53.4 Å². The first kappa shape index (κ1) is 12.0. The van der Waals surface area contributed by atoms with E-state index in [-0.39, 0.29) is 0 Å². The van der Waals surface area contributed by atoms with Gasteiger partial charge in [0.1, 0.15) is 0 Å². The molecule has 2 nitrogen and oxygen atoms in total. The molecule has 1 heterocycles. The van der Waals surface area contributed by atoms with Gasteiger partial charge in [0.15, 0.2) is 0 Å². The normalized spacial score (nSPS) is 33.2. The van der Waals surface area contributed by atoms with Crippen LogP contribution < -0.4 is 5.73 Å². The average molecular weight is 198 g/mol. The summed E-state index contributed by atoms with van der Waals surface area (Å²) < 4.78 is 0. The molecule has 0 spiro atoms. The summed E-state index contributed by atoms with van der Waals surface area (Å²) in [5, 5.41) is 0. The van der Waals surface area contributed by atoms with Gasteiger partial charge in [0, 0.05) is 24.2 Å². The van der Waals surface area contributed by atoms with Gasteiger partial charge in [-0.2, -0.15) is 0 Å². The molecule has 0 aliphatic carbocycles. The van der Waals surface area contributed by atoms with E-state index in [0.717, 1.165) is 18.5 Å². The van der Waals surface area contributed by atoms with Crippen LogP contribution in [0.25, 0.3) is 0 Å². The smallest absolute Gasteiger partial charge is 0.00988 e. The lowest BCUT2D eigenvalue weighted by molar-refractivity contribution is 0.132. The Morgan fingerprint density at radius 1 is 1.36 bits per heavy atom. The summed E-state index contributed by atoms with van der Waals surface area (Å²) in [4.78, 5) is 2.68. The third-order valence-electron chi connectivity index (χ3n) is 3.54. The van der Waals surface area contributed by atoms with E-state index in [9.17, 15) is 0 Å². The Kier molecular flexibility index (Phi) is 4.39. The number of rotatable bonds is 4. The number of nitrogens with zero attached hydrogens (tertiary/aromatic N) is 1. The minimum atomic E-state index is 0.329. The van der Waals surface area contributed by atoms with Gasteiger partial charge < -0.3 is 5.73 Å². The summed E-state index contributed by atoms with van der Waals surface area (Å²) in [6.07, 6.45) is 5.15. The molecule has 1 rings (SSSR count). The van der Waals surface area contributed by atoms with Gasteiger partial charge in [-0.1, -0.05) is 6.92 Å². The monoisotopic (exact) mass is 198 g/mol. The minimum Gasteiger partial charge on any atom is -0.328 e. The third-order valence-corrected chi connectivity index (χ3v) is 3.54. The second-order valence-corrected chi connectivity index (χ2v) is 5.00. The Hall–Kier alpha value is -0.0800. The highest BCUT2D eigenvalue weighted by Gasteiger charge is 2.32. The van der Waals surface area contributed by atoms with E-state index in [1.54, 1.807) is 0 Å². The van der Waals surface area contributed by atoms with Crippen LogP contribution in [0.2, 0.25) is 0 Å².